The number of methoxy groups -OCH3 is 1. The van der Waals surface area contributed by atoms with Crippen molar-refractivity contribution in [2.45, 2.75) is 12.1 Å². The molecule has 0 unspecified atom stereocenters. The van der Waals surface area contributed by atoms with Gasteiger partial charge in [0.2, 0.25) is 5.91 Å². The van der Waals surface area contributed by atoms with Crippen molar-refractivity contribution in [3.8, 4) is 22.8 Å². The summed E-state index contributed by atoms with van der Waals surface area (Å²) in [4.78, 5) is 16.6. The van der Waals surface area contributed by atoms with Gasteiger partial charge in [0, 0.05) is 35.4 Å². The minimum absolute atomic E-state index is 0.137. The standard InChI is InChI=1S/C23H21N5O2S/c1-16-6-8-19(9-7-16)28-22(17-10-12-24-13-11-17)26-27-23(28)31-15-21(29)25-18-4-3-5-20(14-18)30-2/h3-14H,15H2,1-2H3,(H,25,29). The molecule has 156 valence electrons. The van der Waals surface area contributed by atoms with Gasteiger partial charge in [-0.2, -0.15) is 0 Å². The Morgan fingerprint density at radius 1 is 1.06 bits per heavy atom. The lowest BCUT2D eigenvalue weighted by Crippen LogP contribution is -2.14. The van der Waals surface area contributed by atoms with Gasteiger partial charge >= 0.3 is 0 Å². The number of pyridine rings is 1. The zero-order valence-electron chi connectivity index (χ0n) is 17.1. The molecule has 0 atom stereocenters. The summed E-state index contributed by atoms with van der Waals surface area (Å²) in [7, 11) is 1.59. The summed E-state index contributed by atoms with van der Waals surface area (Å²) >= 11 is 1.33. The molecule has 0 saturated heterocycles. The second kappa shape index (κ2) is 9.44. The van der Waals surface area contributed by atoms with Crippen molar-refractivity contribution < 1.29 is 9.53 Å². The Morgan fingerprint density at radius 3 is 2.58 bits per heavy atom. The Labute approximate surface area is 184 Å². The van der Waals surface area contributed by atoms with Gasteiger partial charge in [-0.05, 0) is 43.3 Å². The highest BCUT2D eigenvalue weighted by atomic mass is 32.2. The maximum atomic E-state index is 12.5. The number of hydrogen-bond acceptors (Lipinski definition) is 6. The number of thioether (sulfide) groups is 1. The first-order valence-corrected chi connectivity index (χ1v) is 10.6. The fourth-order valence-corrected chi connectivity index (χ4v) is 3.76. The molecular formula is C23H21N5O2S. The first kappa shape index (κ1) is 20.6. The van der Waals surface area contributed by atoms with Crippen LogP contribution in [0.3, 0.4) is 0 Å². The molecular weight excluding hydrogens is 410 g/mol. The van der Waals surface area contributed by atoms with E-state index in [-0.39, 0.29) is 11.7 Å². The summed E-state index contributed by atoms with van der Waals surface area (Å²) in [6, 6.07) is 19.1. The molecule has 4 rings (SSSR count). The molecule has 0 aliphatic rings. The van der Waals surface area contributed by atoms with E-state index in [2.05, 4.69) is 20.5 Å². The van der Waals surface area contributed by atoms with Gasteiger partial charge in [0.1, 0.15) is 5.75 Å². The quantitative estimate of drug-likeness (QED) is 0.438. The predicted molar refractivity (Wildman–Crippen MR) is 122 cm³/mol. The van der Waals surface area contributed by atoms with Crippen LogP contribution < -0.4 is 10.1 Å². The summed E-state index contributed by atoms with van der Waals surface area (Å²) in [5, 5.41) is 12.3. The molecule has 0 spiro atoms. The minimum Gasteiger partial charge on any atom is -0.497 e. The van der Waals surface area contributed by atoms with Crippen molar-refractivity contribution in [1.82, 2.24) is 19.7 Å². The Kier molecular flexibility index (Phi) is 6.28. The second-order valence-electron chi connectivity index (χ2n) is 6.78. The number of hydrogen-bond donors (Lipinski definition) is 1. The van der Waals surface area contributed by atoms with Crippen molar-refractivity contribution in [1.29, 1.82) is 0 Å². The summed E-state index contributed by atoms with van der Waals surface area (Å²) < 4.78 is 7.16. The number of ether oxygens (including phenoxy) is 1. The van der Waals surface area contributed by atoms with Crippen LogP contribution in [0.4, 0.5) is 5.69 Å². The van der Waals surface area contributed by atoms with Crippen LogP contribution in [-0.2, 0) is 4.79 Å². The van der Waals surface area contributed by atoms with E-state index >= 15 is 0 Å². The van der Waals surface area contributed by atoms with Gasteiger partial charge in [-0.3, -0.25) is 14.3 Å². The van der Waals surface area contributed by atoms with Gasteiger partial charge in [-0.25, -0.2) is 0 Å². The average molecular weight is 432 g/mol. The maximum Gasteiger partial charge on any atom is 0.234 e. The topological polar surface area (TPSA) is 81.9 Å². The molecule has 0 radical (unpaired) electrons. The van der Waals surface area contributed by atoms with Crippen LogP contribution in [0.15, 0.2) is 78.2 Å². The van der Waals surface area contributed by atoms with Crippen molar-refractivity contribution in [3.05, 3.63) is 78.6 Å². The average Bonchev–Trinajstić information content (AvgIpc) is 3.23. The third kappa shape index (κ3) is 4.92. The number of carbonyl (C=O) groups excluding carboxylic acids is 1. The predicted octanol–water partition coefficient (Wildman–Crippen LogP) is 4.38. The van der Waals surface area contributed by atoms with E-state index in [1.54, 1.807) is 25.6 Å². The molecule has 1 amide bonds. The van der Waals surface area contributed by atoms with Gasteiger partial charge < -0.3 is 10.1 Å². The van der Waals surface area contributed by atoms with Crippen LogP contribution in [0.5, 0.6) is 5.75 Å². The van der Waals surface area contributed by atoms with Gasteiger partial charge in [0.25, 0.3) is 0 Å². The number of benzene rings is 2. The number of nitrogens with zero attached hydrogens (tertiary/aromatic N) is 4. The Hall–Kier alpha value is -3.65. The maximum absolute atomic E-state index is 12.5. The van der Waals surface area contributed by atoms with Gasteiger partial charge in [-0.1, -0.05) is 35.5 Å². The number of amides is 1. The Balaban J connectivity index is 1.57. The molecule has 0 bridgehead atoms. The first-order valence-electron chi connectivity index (χ1n) is 9.63. The molecule has 2 aromatic carbocycles. The minimum atomic E-state index is -0.137. The molecule has 0 fully saturated rings. The largest absolute Gasteiger partial charge is 0.497 e. The first-order chi connectivity index (χ1) is 15.1. The molecule has 0 aliphatic heterocycles. The normalized spacial score (nSPS) is 10.6. The SMILES string of the molecule is COc1cccc(NC(=O)CSc2nnc(-c3ccncc3)n2-c2ccc(C)cc2)c1. The van der Waals surface area contributed by atoms with Crippen molar-refractivity contribution >= 4 is 23.4 Å². The van der Waals surface area contributed by atoms with Crippen LogP contribution in [0.25, 0.3) is 17.1 Å². The molecule has 7 nitrogen and oxygen atoms in total. The van der Waals surface area contributed by atoms with Gasteiger partial charge in [0.05, 0.1) is 12.9 Å². The van der Waals surface area contributed by atoms with E-state index in [0.717, 1.165) is 16.8 Å². The Bertz CT molecular complexity index is 1180. The molecule has 8 heteroatoms. The van der Waals surface area contributed by atoms with E-state index in [0.29, 0.717) is 22.4 Å². The molecule has 2 heterocycles. The number of rotatable bonds is 7. The van der Waals surface area contributed by atoms with Crippen molar-refractivity contribution in [3.63, 3.8) is 0 Å². The van der Waals surface area contributed by atoms with E-state index in [1.165, 1.54) is 11.8 Å². The third-order valence-electron chi connectivity index (χ3n) is 4.55. The van der Waals surface area contributed by atoms with Gasteiger partial charge in [-0.15, -0.1) is 10.2 Å². The van der Waals surface area contributed by atoms with Crippen LogP contribution in [0, 0.1) is 6.92 Å². The number of nitrogens with one attached hydrogen (secondary N) is 1. The third-order valence-corrected chi connectivity index (χ3v) is 5.48. The molecule has 0 aliphatic carbocycles. The monoisotopic (exact) mass is 431 g/mol. The Morgan fingerprint density at radius 2 is 1.84 bits per heavy atom. The summed E-state index contributed by atoms with van der Waals surface area (Å²) in [5.74, 6) is 1.44. The van der Waals surface area contributed by atoms with E-state index in [1.807, 2.05) is 66.1 Å². The molecule has 31 heavy (non-hydrogen) atoms. The molecule has 2 aromatic heterocycles. The highest BCUT2D eigenvalue weighted by molar-refractivity contribution is 7.99. The van der Waals surface area contributed by atoms with Crippen LogP contribution >= 0.6 is 11.8 Å². The number of aromatic nitrogens is 4. The highest BCUT2D eigenvalue weighted by Crippen LogP contribution is 2.28. The second-order valence-corrected chi connectivity index (χ2v) is 7.72. The van der Waals surface area contributed by atoms with Crippen LogP contribution in [-0.4, -0.2) is 38.5 Å². The fraction of sp³-hybridized carbons (Fsp3) is 0.130. The zero-order valence-corrected chi connectivity index (χ0v) is 18.0. The highest BCUT2D eigenvalue weighted by Gasteiger charge is 2.17. The summed E-state index contributed by atoms with van der Waals surface area (Å²) in [6.07, 6.45) is 3.44. The van der Waals surface area contributed by atoms with E-state index < -0.39 is 0 Å². The van der Waals surface area contributed by atoms with Crippen LogP contribution in [0.1, 0.15) is 5.56 Å². The molecule has 4 aromatic rings. The lowest BCUT2D eigenvalue weighted by molar-refractivity contribution is -0.113. The lowest BCUT2D eigenvalue weighted by atomic mass is 10.2. The van der Waals surface area contributed by atoms with Crippen molar-refractivity contribution in [2.24, 2.45) is 0 Å². The van der Waals surface area contributed by atoms with E-state index in [4.69, 9.17) is 4.74 Å². The summed E-state index contributed by atoms with van der Waals surface area (Å²) in [5.41, 5.74) is 3.67. The van der Waals surface area contributed by atoms with E-state index in [9.17, 15) is 4.79 Å². The lowest BCUT2D eigenvalue weighted by Gasteiger charge is -2.11. The number of aryl methyl sites for hydroxylation is 1. The van der Waals surface area contributed by atoms with Gasteiger partial charge in [0.15, 0.2) is 11.0 Å². The molecule has 1 N–H and O–H groups in total. The smallest absolute Gasteiger partial charge is 0.234 e. The number of carbonyl (C=O) groups is 1. The number of anilines is 1. The molecule has 0 saturated carbocycles. The summed E-state index contributed by atoms with van der Waals surface area (Å²) in [6.45, 7) is 2.04. The fourth-order valence-electron chi connectivity index (χ4n) is 3.01. The van der Waals surface area contributed by atoms with Crippen molar-refractivity contribution in [2.75, 3.05) is 18.2 Å². The zero-order chi connectivity index (χ0) is 21.6. The van der Waals surface area contributed by atoms with Crippen LogP contribution in [0.2, 0.25) is 0 Å².